The molecular weight excluding hydrogens is 242 g/mol. The zero-order chi connectivity index (χ0) is 12.6. The van der Waals surface area contributed by atoms with Gasteiger partial charge < -0.3 is 5.32 Å². The van der Waals surface area contributed by atoms with Gasteiger partial charge in [0.2, 0.25) is 0 Å². The fraction of sp³-hybridized carbons (Fsp3) is 0.286. The molecule has 0 aliphatic rings. The van der Waals surface area contributed by atoms with Gasteiger partial charge in [-0.15, -0.1) is 11.8 Å². The Morgan fingerprint density at radius 1 is 1.17 bits per heavy atom. The molecule has 0 saturated carbocycles. The van der Waals surface area contributed by atoms with Crippen LogP contribution in [-0.2, 0) is 5.75 Å². The number of hydrogen-bond donors (Lipinski definition) is 1. The van der Waals surface area contributed by atoms with Gasteiger partial charge in [-0.3, -0.25) is 4.98 Å². The zero-order valence-electron chi connectivity index (χ0n) is 10.5. The minimum atomic E-state index is 0.952. The van der Waals surface area contributed by atoms with Gasteiger partial charge in [-0.1, -0.05) is 6.92 Å². The summed E-state index contributed by atoms with van der Waals surface area (Å²) in [5.41, 5.74) is 1.28. The van der Waals surface area contributed by atoms with Crippen LogP contribution in [0.4, 0.5) is 5.82 Å². The van der Waals surface area contributed by atoms with E-state index in [9.17, 15) is 0 Å². The van der Waals surface area contributed by atoms with Gasteiger partial charge in [0.15, 0.2) is 0 Å². The molecule has 0 aromatic carbocycles. The van der Waals surface area contributed by atoms with Crippen molar-refractivity contribution < 1.29 is 0 Å². The highest BCUT2D eigenvalue weighted by Gasteiger charge is 1.98. The van der Waals surface area contributed by atoms with E-state index in [1.54, 1.807) is 0 Å². The SMILES string of the molecule is CCCNc1cc(CSc2ccncc2)ccn1. The van der Waals surface area contributed by atoms with Crippen LogP contribution in [0.3, 0.4) is 0 Å². The van der Waals surface area contributed by atoms with Gasteiger partial charge >= 0.3 is 0 Å². The molecule has 2 aromatic heterocycles. The molecule has 2 aromatic rings. The Kier molecular flexibility index (Phi) is 5.02. The van der Waals surface area contributed by atoms with Crippen molar-refractivity contribution in [1.29, 1.82) is 0 Å². The molecule has 1 N–H and O–H groups in total. The average Bonchev–Trinajstić information content (AvgIpc) is 2.44. The summed E-state index contributed by atoms with van der Waals surface area (Å²) < 4.78 is 0. The zero-order valence-corrected chi connectivity index (χ0v) is 11.3. The molecule has 3 nitrogen and oxygen atoms in total. The molecule has 0 aliphatic heterocycles. The van der Waals surface area contributed by atoms with Gasteiger partial charge in [0.1, 0.15) is 5.82 Å². The number of nitrogens with one attached hydrogen (secondary N) is 1. The standard InChI is InChI=1S/C14H17N3S/c1-2-6-16-14-10-12(3-9-17-14)11-18-13-4-7-15-8-5-13/h3-5,7-10H,2,6,11H2,1H3,(H,16,17). The van der Waals surface area contributed by atoms with Gasteiger partial charge in [-0.2, -0.15) is 0 Å². The van der Waals surface area contributed by atoms with Crippen LogP contribution in [0.1, 0.15) is 18.9 Å². The molecule has 0 atom stereocenters. The van der Waals surface area contributed by atoms with Crippen molar-refractivity contribution in [2.24, 2.45) is 0 Å². The molecule has 18 heavy (non-hydrogen) atoms. The largest absolute Gasteiger partial charge is 0.370 e. The number of rotatable bonds is 6. The van der Waals surface area contributed by atoms with E-state index in [0.717, 1.165) is 24.5 Å². The number of nitrogens with zero attached hydrogens (tertiary/aromatic N) is 2. The van der Waals surface area contributed by atoms with E-state index < -0.39 is 0 Å². The van der Waals surface area contributed by atoms with E-state index in [1.165, 1.54) is 10.5 Å². The second-order valence-electron chi connectivity index (χ2n) is 3.95. The van der Waals surface area contributed by atoms with Gasteiger partial charge in [0.25, 0.3) is 0 Å². The Morgan fingerprint density at radius 3 is 2.78 bits per heavy atom. The summed E-state index contributed by atoms with van der Waals surface area (Å²) in [5.74, 6) is 1.91. The van der Waals surface area contributed by atoms with E-state index >= 15 is 0 Å². The van der Waals surface area contributed by atoms with Crippen molar-refractivity contribution in [2.45, 2.75) is 24.0 Å². The van der Waals surface area contributed by atoms with Gasteiger partial charge in [-0.25, -0.2) is 4.98 Å². The minimum absolute atomic E-state index is 0.952. The van der Waals surface area contributed by atoms with Crippen LogP contribution in [0.25, 0.3) is 0 Å². The maximum Gasteiger partial charge on any atom is 0.126 e. The first-order valence-corrected chi connectivity index (χ1v) is 7.08. The van der Waals surface area contributed by atoms with E-state index in [2.05, 4.69) is 34.3 Å². The summed E-state index contributed by atoms with van der Waals surface area (Å²) in [6.45, 7) is 3.12. The number of anilines is 1. The highest BCUT2D eigenvalue weighted by Crippen LogP contribution is 2.22. The molecule has 0 spiro atoms. The molecule has 0 amide bonds. The van der Waals surface area contributed by atoms with Crippen LogP contribution < -0.4 is 5.32 Å². The molecule has 0 aliphatic carbocycles. The van der Waals surface area contributed by atoms with Crippen molar-refractivity contribution in [3.05, 3.63) is 48.4 Å². The highest BCUT2D eigenvalue weighted by molar-refractivity contribution is 7.98. The topological polar surface area (TPSA) is 37.8 Å². The third-order valence-electron chi connectivity index (χ3n) is 2.44. The Bertz CT molecular complexity index is 473. The molecule has 2 heterocycles. The second kappa shape index (κ2) is 7.01. The van der Waals surface area contributed by atoms with Crippen molar-refractivity contribution >= 4 is 17.6 Å². The van der Waals surface area contributed by atoms with Gasteiger partial charge in [0.05, 0.1) is 0 Å². The lowest BCUT2D eigenvalue weighted by Gasteiger charge is -2.06. The molecule has 0 fully saturated rings. The summed E-state index contributed by atoms with van der Waals surface area (Å²) in [7, 11) is 0. The third kappa shape index (κ3) is 4.04. The molecule has 94 valence electrons. The summed E-state index contributed by atoms with van der Waals surface area (Å²) in [5, 5.41) is 3.30. The lowest BCUT2D eigenvalue weighted by Crippen LogP contribution is -2.01. The van der Waals surface area contributed by atoms with Crippen LogP contribution >= 0.6 is 11.8 Å². The molecule has 0 radical (unpaired) electrons. The summed E-state index contributed by atoms with van der Waals surface area (Å²) in [4.78, 5) is 9.56. The predicted molar refractivity (Wildman–Crippen MR) is 76.8 cm³/mol. The van der Waals surface area contributed by atoms with Crippen molar-refractivity contribution in [3.8, 4) is 0 Å². The average molecular weight is 259 g/mol. The highest BCUT2D eigenvalue weighted by atomic mass is 32.2. The summed E-state index contributed by atoms with van der Waals surface area (Å²) >= 11 is 1.81. The Labute approximate surface area is 112 Å². The lowest BCUT2D eigenvalue weighted by molar-refractivity contribution is 0.968. The van der Waals surface area contributed by atoms with Crippen LogP contribution in [-0.4, -0.2) is 16.5 Å². The number of hydrogen-bond acceptors (Lipinski definition) is 4. The van der Waals surface area contributed by atoms with Crippen molar-refractivity contribution in [2.75, 3.05) is 11.9 Å². The quantitative estimate of drug-likeness (QED) is 0.804. The second-order valence-corrected chi connectivity index (χ2v) is 5.00. The first-order valence-electron chi connectivity index (χ1n) is 6.10. The maximum atomic E-state index is 4.30. The first kappa shape index (κ1) is 12.9. The van der Waals surface area contributed by atoms with Crippen LogP contribution in [0, 0.1) is 0 Å². The molecule has 0 unspecified atom stereocenters. The van der Waals surface area contributed by atoms with Crippen molar-refractivity contribution in [1.82, 2.24) is 9.97 Å². The number of pyridine rings is 2. The van der Waals surface area contributed by atoms with Crippen LogP contribution in [0.15, 0.2) is 47.8 Å². The molecule has 2 rings (SSSR count). The molecule has 0 bridgehead atoms. The Hall–Kier alpha value is -1.55. The first-order chi connectivity index (χ1) is 8.88. The molecule has 0 saturated heterocycles. The summed E-state index contributed by atoms with van der Waals surface area (Å²) in [6, 6.07) is 8.24. The Balaban J connectivity index is 1.93. The smallest absolute Gasteiger partial charge is 0.126 e. The van der Waals surface area contributed by atoms with Gasteiger partial charge in [0, 0.05) is 35.8 Å². The summed E-state index contributed by atoms with van der Waals surface area (Å²) in [6.07, 6.45) is 6.62. The molecule has 4 heteroatoms. The fourth-order valence-electron chi connectivity index (χ4n) is 1.51. The monoisotopic (exact) mass is 259 g/mol. The third-order valence-corrected chi connectivity index (χ3v) is 3.52. The van der Waals surface area contributed by atoms with Crippen molar-refractivity contribution in [3.63, 3.8) is 0 Å². The Morgan fingerprint density at radius 2 is 2.00 bits per heavy atom. The lowest BCUT2D eigenvalue weighted by atomic mass is 10.3. The number of thioether (sulfide) groups is 1. The minimum Gasteiger partial charge on any atom is -0.370 e. The fourth-order valence-corrected chi connectivity index (χ4v) is 2.34. The van der Waals surface area contributed by atoms with Crippen LogP contribution in [0.2, 0.25) is 0 Å². The van der Waals surface area contributed by atoms with Gasteiger partial charge in [-0.05, 0) is 36.2 Å². The normalized spacial score (nSPS) is 10.3. The maximum absolute atomic E-state index is 4.30. The van der Waals surface area contributed by atoms with E-state index in [0.29, 0.717) is 0 Å². The van der Waals surface area contributed by atoms with E-state index in [1.807, 2.05) is 42.5 Å². The van der Waals surface area contributed by atoms with Crippen LogP contribution in [0.5, 0.6) is 0 Å². The van der Waals surface area contributed by atoms with E-state index in [-0.39, 0.29) is 0 Å². The van der Waals surface area contributed by atoms with E-state index in [4.69, 9.17) is 0 Å². The number of aromatic nitrogens is 2. The predicted octanol–water partition coefficient (Wildman–Crippen LogP) is 3.59. The molecular formula is C14H17N3S.